The summed E-state index contributed by atoms with van der Waals surface area (Å²) in [6.07, 6.45) is 5.67. The molecule has 0 amide bonds. The van der Waals surface area contributed by atoms with E-state index < -0.39 is 0 Å². The molecule has 1 fully saturated rings. The number of halogens is 1. The van der Waals surface area contributed by atoms with Crippen molar-refractivity contribution in [2.24, 2.45) is 0 Å². The van der Waals surface area contributed by atoms with Crippen molar-refractivity contribution in [2.75, 3.05) is 26.2 Å². The number of hydrogen-bond donors (Lipinski definition) is 1. The lowest BCUT2D eigenvalue weighted by Gasteiger charge is -2.26. The van der Waals surface area contributed by atoms with E-state index in [1.165, 1.54) is 60.2 Å². The summed E-state index contributed by atoms with van der Waals surface area (Å²) in [6.45, 7) is 6.28. The van der Waals surface area contributed by atoms with Crippen molar-refractivity contribution in [3.63, 3.8) is 0 Å². The average molecular weight is 500 g/mol. The first-order valence-electron chi connectivity index (χ1n) is 13.1. The topological polar surface area (TPSA) is 32.7 Å². The summed E-state index contributed by atoms with van der Waals surface area (Å²) in [6, 6.07) is 24.6. The Hall–Kier alpha value is -3.01. The summed E-state index contributed by atoms with van der Waals surface area (Å²) in [5, 5.41) is 13.0. The minimum Gasteiger partial charge on any atom is -0.508 e. The minimum atomic E-state index is 0.285. The first-order chi connectivity index (χ1) is 17.6. The van der Waals surface area contributed by atoms with Gasteiger partial charge in [0.2, 0.25) is 0 Å². The Morgan fingerprint density at radius 1 is 0.861 bits per heavy atom. The summed E-state index contributed by atoms with van der Waals surface area (Å²) in [5.41, 5.74) is 6.14. The molecule has 1 heterocycles. The van der Waals surface area contributed by atoms with E-state index in [1.54, 1.807) is 6.07 Å². The molecule has 1 N–H and O–H groups in total. The Kier molecular flexibility index (Phi) is 7.79. The van der Waals surface area contributed by atoms with Crippen molar-refractivity contribution in [1.29, 1.82) is 0 Å². The number of fused-ring (bicyclic) bond motifs is 1. The Morgan fingerprint density at radius 2 is 1.64 bits per heavy atom. The molecule has 0 atom stereocenters. The fraction of sp³-hybridized carbons (Fsp3) is 0.312. The molecule has 4 aromatic carbocycles. The summed E-state index contributed by atoms with van der Waals surface area (Å²) in [4.78, 5) is 2.50. The average Bonchev–Trinajstić information content (AvgIpc) is 2.90. The second-order valence-corrected chi connectivity index (χ2v) is 10.2. The molecule has 4 aromatic rings. The second-order valence-electron chi connectivity index (χ2n) is 9.72. The zero-order chi connectivity index (χ0) is 24.9. The minimum absolute atomic E-state index is 0.285. The third-order valence-electron chi connectivity index (χ3n) is 7.28. The highest BCUT2D eigenvalue weighted by atomic mass is 35.5. The molecule has 1 aliphatic heterocycles. The molecule has 0 aliphatic carbocycles. The van der Waals surface area contributed by atoms with Crippen LogP contribution >= 0.6 is 11.6 Å². The molecule has 0 bridgehead atoms. The first-order valence-corrected chi connectivity index (χ1v) is 13.5. The maximum Gasteiger partial charge on any atom is 0.119 e. The predicted molar refractivity (Wildman–Crippen MR) is 150 cm³/mol. The van der Waals surface area contributed by atoms with Gasteiger partial charge in [0.05, 0.1) is 0 Å². The fourth-order valence-electron chi connectivity index (χ4n) is 5.33. The number of piperidine rings is 1. The van der Waals surface area contributed by atoms with Gasteiger partial charge in [-0.3, -0.25) is 4.90 Å². The van der Waals surface area contributed by atoms with E-state index in [-0.39, 0.29) is 5.75 Å². The number of nitrogens with zero attached hydrogens (tertiary/aromatic N) is 1. The van der Waals surface area contributed by atoms with Crippen LogP contribution in [-0.4, -0.2) is 36.2 Å². The predicted octanol–water partition coefficient (Wildman–Crippen LogP) is 7.88. The number of aryl methyl sites for hydroxylation is 1. The van der Waals surface area contributed by atoms with E-state index in [0.717, 1.165) is 47.5 Å². The zero-order valence-corrected chi connectivity index (χ0v) is 21.7. The first kappa shape index (κ1) is 24.7. The van der Waals surface area contributed by atoms with Crippen LogP contribution in [0.5, 0.6) is 11.5 Å². The van der Waals surface area contributed by atoms with Gasteiger partial charge in [0.25, 0.3) is 0 Å². The van der Waals surface area contributed by atoms with E-state index >= 15 is 0 Å². The third kappa shape index (κ3) is 5.69. The standard InChI is InChI=1S/C32H34ClNO2/c1-2-24-21-26(33)9-14-29(24)31-13-8-25-22-27(35)10-15-30(25)32(31)20-23-6-11-28(12-7-23)36-19-18-34-16-4-3-5-17-34/h6-15,21-22,35H,2-5,16-20H2,1H3. The van der Waals surface area contributed by atoms with Crippen molar-refractivity contribution < 1.29 is 9.84 Å². The van der Waals surface area contributed by atoms with Gasteiger partial charge >= 0.3 is 0 Å². The maximum absolute atomic E-state index is 10.1. The van der Waals surface area contributed by atoms with E-state index in [2.05, 4.69) is 60.4 Å². The summed E-state index contributed by atoms with van der Waals surface area (Å²) in [5.74, 6) is 1.21. The van der Waals surface area contributed by atoms with Crippen LogP contribution in [0.2, 0.25) is 5.02 Å². The number of ether oxygens (including phenoxy) is 1. The third-order valence-corrected chi connectivity index (χ3v) is 7.52. The highest BCUT2D eigenvalue weighted by molar-refractivity contribution is 6.30. The van der Waals surface area contributed by atoms with Gasteiger partial charge in [0, 0.05) is 11.6 Å². The number of rotatable bonds is 8. The van der Waals surface area contributed by atoms with Crippen LogP contribution in [0.1, 0.15) is 42.9 Å². The monoisotopic (exact) mass is 499 g/mol. The molecule has 0 radical (unpaired) electrons. The highest BCUT2D eigenvalue weighted by Crippen LogP contribution is 2.36. The number of phenolic OH excluding ortho intramolecular Hbond substituents is 1. The van der Waals surface area contributed by atoms with Crippen LogP contribution < -0.4 is 4.74 Å². The molecule has 0 saturated carbocycles. The lowest BCUT2D eigenvalue weighted by Crippen LogP contribution is -2.33. The number of likely N-dealkylation sites (tertiary alicyclic amines) is 1. The van der Waals surface area contributed by atoms with Crippen LogP contribution in [0.4, 0.5) is 0 Å². The van der Waals surface area contributed by atoms with Crippen LogP contribution in [0.25, 0.3) is 21.9 Å². The van der Waals surface area contributed by atoms with Crippen molar-refractivity contribution in [3.8, 4) is 22.6 Å². The van der Waals surface area contributed by atoms with Gasteiger partial charge in [-0.2, -0.15) is 0 Å². The Balaban J connectivity index is 1.41. The van der Waals surface area contributed by atoms with Gasteiger partial charge in [-0.1, -0.05) is 61.3 Å². The fourth-order valence-corrected chi connectivity index (χ4v) is 5.52. The number of aromatic hydroxyl groups is 1. The van der Waals surface area contributed by atoms with Crippen LogP contribution in [0.15, 0.2) is 72.8 Å². The van der Waals surface area contributed by atoms with Gasteiger partial charge in [0.15, 0.2) is 0 Å². The molecule has 36 heavy (non-hydrogen) atoms. The number of hydrogen-bond acceptors (Lipinski definition) is 3. The van der Waals surface area contributed by atoms with Crippen LogP contribution in [0, 0.1) is 0 Å². The van der Waals surface area contributed by atoms with E-state index in [1.807, 2.05) is 18.2 Å². The SMILES string of the molecule is CCc1cc(Cl)ccc1-c1ccc2cc(O)ccc2c1Cc1ccc(OCCN2CCCCC2)cc1. The molecular weight excluding hydrogens is 466 g/mol. The molecule has 5 rings (SSSR count). The van der Waals surface area contributed by atoms with Crippen molar-refractivity contribution >= 4 is 22.4 Å². The summed E-state index contributed by atoms with van der Waals surface area (Å²) < 4.78 is 6.05. The Morgan fingerprint density at radius 3 is 2.42 bits per heavy atom. The Bertz CT molecular complexity index is 1330. The van der Waals surface area contributed by atoms with Crippen molar-refractivity contribution in [2.45, 2.75) is 39.0 Å². The Labute approximate surface area is 219 Å². The lowest BCUT2D eigenvalue weighted by molar-refractivity contribution is 0.183. The van der Waals surface area contributed by atoms with Gasteiger partial charge < -0.3 is 9.84 Å². The van der Waals surface area contributed by atoms with Gasteiger partial charge in [0.1, 0.15) is 18.1 Å². The summed E-state index contributed by atoms with van der Waals surface area (Å²) >= 11 is 6.32. The van der Waals surface area contributed by atoms with Crippen LogP contribution in [-0.2, 0) is 12.8 Å². The van der Waals surface area contributed by atoms with E-state index in [0.29, 0.717) is 0 Å². The molecular formula is C32H34ClNO2. The molecule has 0 unspecified atom stereocenters. The largest absolute Gasteiger partial charge is 0.508 e. The molecule has 186 valence electrons. The lowest BCUT2D eigenvalue weighted by atomic mass is 9.88. The maximum atomic E-state index is 10.1. The molecule has 1 saturated heterocycles. The molecule has 4 heteroatoms. The smallest absolute Gasteiger partial charge is 0.119 e. The highest BCUT2D eigenvalue weighted by Gasteiger charge is 2.14. The van der Waals surface area contributed by atoms with Crippen molar-refractivity contribution in [1.82, 2.24) is 4.90 Å². The van der Waals surface area contributed by atoms with Crippen molar-refractivity contribution in [3.05, 3.63) is 94.5 Å². The van der Waals surface area contributed by atoms with E-state index in [9.17, 15) is 5.11 Å². The van der Waals surface area contributed by atoms with Gasteiger partial charge in [-0.15, -0.1) is 0 Å². The normalized spacial score (nSPS) is 14.3. The summed E-state index contributed by atoms with van der Waals surface area (Å²) in [7, 11) is 0. The van der Waals surface area contributed by atoms with Gasteiger partial charge in [-0.05, 0) is 114 Å². The molecule has 1 aliphatic rings. The zero-order valence-electron chi connectivity index (χ0n) is 21.0. The quantitative estimate of drug-likeness (QED) is 0.267. The second kappa shape index (κ2) is 11.4. The number of phenols is 1. The molecule has 0 aromatic heterocycles. The van der Waals surface area contributed by atoms with Gasteiger partial charge in [-0.25, -0.2) is 0 Å². The molecule has 0 spiro atoms. The number of benzene rings is 4. The van der Waals surface area contributed by atoms with E-state index in [4.69, 9.17) is 16.3 Å². The molecule has 3 nitrogen and oxygen atoms in total. The van der Waals surface area contributed by atoms with Crippen LogP contribution in [0.3, 0.4) is 0 Å².